The van der Waals surface area contributed by atoms with Crippen molar-refractivity contribution in [2.24, 2.45) is 11.8 Å². The third-order valence-corrected chi connectivity index (χ3v) is 12.2. The molecule has 2 unspecified atom stereocenters. The van der Waals surface area contributed by atoms with Crippen LogP contribution in [-0.2, 0) is 9.59 Å². The molecular formula is C30H32ClFN4O7S3. The third kappa shape index (κ3) is 5.67. The number of thioether (sulfide) groups is 2. The molecule has 1 aromatic carbocycles. The van der Waals surface area contributed by atoms with Gasteiger partial charge in [0.15, 0.2) is 0 Å². The number of aromatic nitrogens is 1. The summed E-state index contributed by atoms with van der Waals surface area (Å²) in [6.45, 7) is 4.31. The number of amides is 1. The molecule has 2 aromatic rings. The molecule has 0 spiro atoms. The van der Waals surface area contributed by atoms with Crippen LogP contribution in [0.15, 0.2) is 27.7 Å². The number of aliphatic hydroxyl groups is 1. The Bertz CT molecular complexity index is 1760. The number of hydrogen-bond donors (Lipinski definition) is 4. The molecule has 4 N–H and O–H groups in total. The number of hydrogen-bond acceptors (Lipinski definition) is 9. The van der Waals surface area contributed by atoms with Crippen LogP contribution in [0.5, 0.6) is 0 Å². The zero-order valence-electron chi connectivity index (χ0n) is 24.9. The van der Waals surface area contributed by atoms with Crippen LogP contribution in [-0.4, -0.2) is 89.7 Å². The van der Waals surface area contributed by atoms with Crippen LogP contribution < -0.4 is 15.6 Å². The van der Waals surface area contributed by atoms with E-state index in [9.17, 15) is 34.5 Å². The predicted octanol–water partition coefficient (Wildman–Crippen LogP) is 3.90. The number of thiocarbonyl (C=S) groups is 1. The second kappa shape index (κ2) is 12.6. The molecule has 1 amide bonds. The molecule has 4 aliphatic rings. The van der Waals surface area contributed by atoms with Crippen molar-refractivity contribution in [3.8, 4) is 0 Å². The molecule has 16 heteroatoms. The van der Waals surface area contributed by atoms with Crippen molar-refractivity contribution >= 4 is 86.1 Å². The predicted molar refractivity (Wildman–Crippen MR) is 179 cm³/mol. The number of carbonyl (C=O) groups is 3. The van der Waals surface area contributed by atoms with Crippen LogP contribution in [0.3, 0.4) is 0 Å². The Morgan fingerprint density at radius 2 is 1.91 bits per heavy atom. The number of β-lactam (4-membered cyclic amide) rings is 1. The number of aliphatic hydroxyl groups excluding tert-OH is 1. The van der Waals surface area contributed by atoms with E-state index in [-0.39, 0.29) is 51.7 Å². The molecule has 2 saturated heterocycles. The molecule has 246 valence electrons. The Kier molecular flexibility index (Phi) is 9.08. The second-order valence-corrected chi connectivity index (χ2v) is 15.4. The fraction of sp³-hybridized carbons (Fsp3) is 0.500. The summed E-state index contributed by atoms with van der Waals surface area (Å²) in [4.78, 5) is 52.8. The number of anilines is 1. The summed E-state index contributed by atoms with van der Waals surface area (Å²) in [7, 11) is 0. The minimum Gasteiger partial charge on any atom is -0.477 e. The van der Waals surface area contributed by atoms with E-state index < -0.39 is 40.8 Å². The first-order chi connectivity index (χ1) is 21.8. The monoisotopic (exact) mass is 710 g/mol. The largest absolute Gasteiger partial charge is 0.477 e. The Morgan fingerprint density at radius 3 is 2.54 bits per heavy atom. The standard InChI is InChI=1S/C30H32ClFN4O7S3/c1-12-21-19(13(2)37)27(39)36(21)24(29(42)43)26(12)45-7-8-46-30(44)33-14-5-6-34(10-14)23-18(32)9-16-22(20(23)31)35(15-3-4-15)11-17(25(16)38)28(40)41/h9,11-15,19,21,37H,3-8,10H2,1-2H3,(H,33,44)(H,40,41)(H,42,43)/t12?,13-,14?,19+,21+/m1/s1. The number of carboxylic acid groups (broad SMARTS) is 2. The van der Waals surface area contributed by atoms with Gasteiger partial charge in [0.05, 0.1) is 39.7 Å². The van der Waals surface area contributed by atoms with Crippen molar-refractivity contribution in [3.63, 3.8) is 0 Å². The molecule has 3 fully saturated rings. The molecule has 11 nitrogen and oxygen atoms in total. The van der Waals surface area contributed by atoms with Gasteiger partial charge in [0.1, 0.15) is 21.4 Å². The summed E-state index contributed by atoms with van der Waals surface area (Å²) in [6.07, 6.45) is 2.72. The fourth-order valence-corrected chi connectivity index (χ4v) is 9.68. The van der Waals surface area contributed by atoms with Crippen LogP contribution in [0.4, 0.5) is 10.1 Å². The Morgan fingerprint density at radius 1 is 1.20 bits per heavy atom. The van der Waals surface area contributed by atoms with E-state index in [0.717, 1.165) is 18.9 Å². The number of carbonyl (C=O) groups excluding carboxylic acids is 1. The molecule has 6 rings (SSSR count). The van der Waals surface area contributed by atoms with Crippen molar-refractivity contribution in [2.75, 3.05) is 29.5 Å². The van der Waals surface area contributed by atoms with E-state index in [0.29, 0.717) is 45.8 Å². The first-order valence-electron chi connectivity index (χ1n) is 14.9. The number of nitrogens with zero attached hydrogens (tertiary/aromatic N) is 3. The number of nitrogens with one attached hydrogen (secondary N) is 1. The van der Waals surface area contributed by atoms with E-state index in [1.807, 2.05) is 6.92 Å². The first kappa shape index (κ1) is 33.1. The average Bonchev–Trinajstić information content (AvgIpc) is 3.67. The molecule has 5 atom stereocenters. The van der Waals surface area contributed by atoms with Crippen LogP contribution in [0.1, 0.15) is 49.5 Å². The molecule has 1 aliphatic carbocycles. The summed E-state index contributed by atoms with van der Waals surface area (Å²) in [5.74, 6) is -3.26. The molecule has 4 heterocycles. The van der Waals surface area contributed by atoms with Gasteiger partial charge in [-0.05, 0) is 32.3 Å². The maximum Gasteiger partial charge on any atom is 0.353 e. The van der Waals surface area contributed by atoms with Crippen LogP contribution >= 0.6 is 47.3 Å². The lowest BCUT2D eigenvalue weighted by Crippen LogP contribution is -2.63. The lowest BCUT2D eigenvalue weighted by Gasteiger charge is -2.46. The van der Waals surface area contributed by atoms with Gasteiger partial charge in [-0.25, -0.2) is 14.0 Å². The zero-order valence-corrected chi connectivity index (χ0v) is 28.1. The quantitative estimate of drug-likeness (QED) is 0.161. The normalized spacial score (nSPS) is 24.8. The number of aliphatic carboxylic acids is 1. The van der Waals surface area contributed by atoms with Gasteiger partial charge >= 0.3 is 11.9 Å². The molecule has 1 aromatic heterocycles. The van der Waals surface area contributed by atoms with Crippen molar-refractivity contribution in [1.82, 2.24) is 14.8 Å². The highest BCUT2D eigenvalue weighted by Crippen LogP contribution is 2.50. The molecule has 0 radical (unpaired) electrons. The Balaban J connectivity index is 1.08. The number of benzene rings is 1. The first-order valence-corrected chi connectivity index (χ1v) is 17.7. The van der Waals surface area contributed by atoms with Crippen molar-refractivity contribution in [3.05, 3.63) is 49.5 Å². The van der Waals surface area contributed by atoms with Gasteiger partial charge in [-0.15, -0.1) is 11.8 Å². The number of fused-ring (bicyclic) bond motifs is 2. The van der Waals surface area contributed by atoms with Crippen LogP contribution in [0.25, 0.3) is 10.9 Å². The van der Waals surface area contributed by atoms with Gasteiger partial charge in [0.25, 0.3) is 0 Å². The summed E-state index contributed by atoms with van der Waals surface area (Å²) in [5, 5.41) is 32.7. The SMILES string of the molecule is CC1C(SCCSC(=S)NC2CCN(c3c(F)cc4c(=O)c(C(=O)O)cn(C5CC5)c4c3Cl)C2)=C(C(=O)O)N2C(=O)[C@@H]([C@@H](C)O)[C@H]12. The zero-order chi connectivity index (χ0) is 33.2. The van der Waals surface area contributed by atoms with Gasteiger partial charge < -0.3 is 35.0 Å². The topological polar surface area (TPSA) is 152 Å². The van der Waals surface area contributed by atoms with Gasteiger partial charge in [-0.2, -0.15) is 0 Å². The van der Waals surface area contributed by atoms with Gasteiger partial charge in [-0.3, -0.25) is 9.59 Å². The van der Waals surface area contributed by atoms with Gasteiger partial charge in [0.2, 0.25) is 11.3 Å². The van der Waals surface area contributed by atoms with Crippen molar-refractivity contribution < 1.29 is 34.1 Å². The van der Waals surface area contributed by atoms with E-state index in [2.05, 4.69) is 5.32 Å². The second-order valence-electron chi connectivity index (χ2n) is 12.1. The number of rotatable bonds is 10. The smallest absolute Gasteiger partial charge is 0.353 e. The number of pyridine rings is 1. The Labute approximate surface area is 282 Å². The number of aromatic carboxylic acids is 1. The summed E-state index contributed by atoms with van der Waals surface area (Å²) < 4.78 is 17.7. The molecule has 46 heavy (non-hydrogen) atoms. The maximum absolute atomic E-state index is 15.5. The van der Waals surface area contributed by atoms with E-state index in [4.69, 9.17) is 23.8 Å². The third-order valence-electron chi connectivity index (χ3n) is 9.07. The van der Waals surface area contributed by atoms with E-state index in [1.54, 1.807) is 16.4 Å². The highest BCUT2D eigenvalue weighted by atomic mass is 35.5. The van der Waals surface area contributed by atoms with Gasteiger partial charge in [0, 0.05) is 53.7 Å². The minimum absolute atomic E-state index is 0.00209. The van der Waals surface area contributed by atoms with Crippen LogP contribution in [0, 0.1) is 17.7 Å². The molecule has 1 saturated carbocycles. The number of halogens is 2. The summed E-state index contributed by atoms with van der Waals surface area (Å²) in [5.41, 5.74) is -0.687. The summed E-state index contributed by atoms with van der Waals surface area (Å²) >= 11 is 15.1. The molecule has 3 aliphatic heterocycles. The highest BCUT2D eigenvalue weighted by molar-refractivity contribution is 8.23. The minimum atomic E-state index is -1.37. The maximum atomic E-state index is 15.5. The Hall–Kier alpha value is -2.85. The van der Waals surface area contributed by atoms with E-state index >= 15 is 4.39 Å². The van der Waals surface area contributed by atoms with Crippen LogP contribution in [0.2, 0.25) is 5.02 Å². The van der Waals surface area contributed by atoms with Gasteiger partial charge in [-0.1, -0.05) is 42.5 Å². The van der Waals surface area contributed by atoms with Crippen molar-refractivity contribution in [1.29, 1.82) is 0 Å². The molecular weight excluding hydrogens is 679 g/mol. The van der Waals surface area contributed by atoms with Crippen molar-refractivity contribution in [2.45, 2.75) is 57.3 Å². The lowest BCUT2D eigenvalue weighted by molar-refractivity contribution is -0.163. The molecule has 0 bridgehead atoms. The average molecular weight is 711 g/mol. The summed E-state index contributed by atoms with van der Waals surface area (Å²) in [6, 6.07) is 0.633. The fourth-order valence-electron chi connectivity index (χ4n) is 6.81. The highest BCUT2D eigenvalue weighted by Gasteiger charge is 2.59. The lowest BCUT2D eigenvalue weighted by atomic mass is 9.79. The number of carboxylic acids is 2. The van der Waals surface area contributed by atoms with E-state index in [1.165, 1.54) is 34.6 Å².